The molecular weight excluding hydrogens is 443 g/mol. The second kappa shape index (κ2) is 8.38. The van der Waals surface area contributed by atoms with Crippen LogP contribution in [0.25, 0.3) is 11.4 Å². The highest BCUT2D eigenvalue weighted by molar-refractivity contribution is 6.00. The summed E-state index contributed by atoms with van der Waals surface area (Å²) in [6.45, 7) is 3.02. The first kappa shape index (κ1) is 22.3. The van der Waals surface area contributed by atoms with Crippen molar-refractivity contribution in [2.24, 2.45) is 5.41 Å². The summed E-state index contributed by atoms with van der Waals surface area (Å²) < 4.78 is 38.4. The van der Waals surface area contributed by atoms with Gasteiger partial charge in [0, 0.05) is 43.3 Å². The fourth-order valence-electron chi connectivity index (χ4n) is 4.64. The van der Waals surface area contributed by atoms with E-state index in [4.69, 9.17) is 0 Å². The molecule has 3 aromatic rings. The van der Waals surface area contributed by atoms with Gasteiger partial charge < -0.3 is 10.2 Å². The third-order valence-electron chi connectivity index (χ3n) is 6.65. The van der Waals surface area contributed by atoms with Gasteiger partial charge in [-0.15, -0.1) is 0 Å². The number of alkyl halides is 3. The Morgan fingerprint density at radius 1 is 1.15 bits per heavy atom. The lowest BCUT2D eigenvalue weighted by Crippen LogP contribution is -2.40. The van der Waals surface area contributed by atoms with Crippen LogP contribution in [0, 0.1) is 12.3 Å². The molecule has 5 rings (SSSR count). The number of rotatable bonds is 5. The van der Waals surface area contributed by atoms with E-state index in [1.807, 2.05) is 30.0 Å². The Hall–Kier alpha value is -3.49. The summed E-state index contributed by atoms with van der Waals surface area (Å²) in [6, 6.07) is 9.64. The Kier molecular flexibility index (Phi) is 5.50. The van der Waals surface area contributed by atoms with E-state index >= 15 is 0 Å². The number of aryl methyl sites for hydroxylation is 1. The quantitative estimate of drug-likeness (QED) is 0.574. The van der Waals surface area contributed by atoms with E-state index in [1.165, 1.54) is 6.07 Å². The van der Waals surface area contributed by atoms with Crippen molar-refractivity contribution in [3.8, 4) is 11.4 Å². The molecule has 0 bridgehead atoms. The second-order valence-corrected chi connectivity index (χ2v) is 9.22. The molecule has 2 aromatic heterocycles. The molecular formula is C25H24F3N5O. The Bertz CT molecular complexity index is 1190. The smallest absolute Gasteiger partial charge is 0.368 e. The van der Waals surface area contributed by atoms with E-state index in [1.54, 1.807) is 18.5 Å². The third kappa shape index (κ3) is 4.47. The standard InChI is InChI=1S/C25H24F3N5O/c1-16-3-5-19(22-29-9-2-10-30-22)20(11-16)23(34)33-15-24(7-8-24)12-18(33)14-32-21-6-4-17(13-31-21)25(26,27)28/h2-6,9-11,13,18H,7-8,12,14-15H2,1H3,(H,31,32). The maximum Gasteiger partial charge on any atom is 0.417 e. The predicted octanol–water partition coefficient (Wildman–Crippen LogP) is 4.97. The number of carbonyl (C=O) groups is 1. The second-order valence-electron chi connectivity index (χ2n) is 9.22. The van der Waals surface area contributed by atoms with E-state index in [9.17, 15) is 18.0 Å². The van der Waals surface area contributed by atoms with Crippen molar-refractivity contribution >= 4 is 11.7 Å². The van der Waals surface area contributed by atoms with Crippen LogP contribution >= 0.6 is 0 Å². The summed E-state index contributed by atoms with van der Waals surface area (Å²) >= 11 is 0. The molecule has 1 aliphatic carbocycles. The van der Waals surface area contributed by atoms with Gasteiger partial charge >= 0.3 is 6.18 Å². The fourth-order valence-corrected chi connectivity index (χ4v) is 4.64. The van der Waals surface area contributed by atoms with Gasteiger partial charge in [-0.3, -0.25) is 4.79 Å². The largest absolute Gasteiger partial charge is 0.417 e. The lowest BCUT2D eigenvalue weighted by atomic mass is 10.0. The molecule has 3 heterocycles. The molecule has 1 aliphatic heterocycles. The van der Waals surface area contributed by atoms with Crippen LogP contribution in [0.2, 0.25) is 0 Å². The van der Waals surface area contributed by atoms with Gasteiger partial charge in [-0.2, -0.15) is 13.2 Å². The van der Waals surface area contributed by atoms with Gasteiger partial charge in [0.25, 0.3) is 5.91 Å². The molecule has 2 fully saturated rings. The Balaban J connectivity index is 1.37. The SMILES string of the molecule is Cc1ccc(-c2ncccn2)c(C(=O)N2CC3(CC3)CC2CNc2ccc(C(F)(F)F)cn2)c1. The molecule has 9 heteroatoms. The maximum atomic E-state index is 13.8. The van der Waals surface area contributed by atoms with Gasteiger partial charge in [-0.25, -0.2) is 15.0 Å². The zero-order valence-electron chi connectivity index (χ0n) is 18.6. The molecule has 1 unspecified atom stereocenters. The summed E-state index contributed by atoms with van der Waals surface area (Å²) in [5.74, 6) is 0.767. The monoisotopic (exact) mass is 467 g/mol. The van der Waals surface area contributed by atoms with E-state index < -0.39 is 11.7 Å². The Labute approximate surface area is 195 Å². The Morgan fingerprint density at radius 3 is 2.56 bits per heavy atom. The summed E-state index contributed by atoms with van der Waals surface area (Å²) in [5.41, 5.74) is 1.56. The first-order valence-electron chi connectivity index (χ1n) is 11.2. The normalized spacial score (nSPS) is 18.8. The number of carbonyl (C=O) groups excluding carboxylic acids is 1. The summed E-state index contributed by atoms with van der Waals surface area (Å²) in [5, 5.41) is 3.13. The molecule has 34 heavy (non-hydrogen) atoms. The number of nitrogens with one attached hydrogen (secondary N) is 1. The van der Waals surface area contributed by atoms with Gasteiger partial charge in [0.2, 0.25) is 0 Å². The van der Waals surface area contributed by atoms with Crippen molar-refractivity contribution in [3.63, 3.8) is 0 Å². The van der Waals surface area contributed by atoms with Gasteiger partial charge in [0.1, 0.15) is 5.82 Å². The molecule has 0 radical (unpaired) electrons. The molecule has 2 aliphatic rings. The van der Waals surface area contributed by atoms with E-state index in [0.717, 1.165) is 37.1 Å². The van der Waals surface area contributed by atoms with Crippen LogP contribution < -0.4 is 5.32 Å². The average molecular weight is 467 g/mol. The van der Waals surface area contributed by atoms with Gasteiger partial charge in [0.05, 0.1) is 11.1 Å². The van der Waals surface area contributed by atoms with Gasteiger partial charge in [0.15, 0.2) is 5.82 Å². The van der Waals surface area contributed by atoms with E-state index in [0.29, 0.717) is 35.9 Å². The molecule has 1 saturated carbocycles. The summed E-state index contributed by atoms with van der Waals surface area (Å²) in [4.78, 5) is 28.2. The minimum Gasteiger partial charge on any atom is -0.368 e. The third-order valence-corrected chi connectivity index (χ3v) is 6.65. The number of anilines is 1. The van der Waals surface area contributed by atoms with Crippen LogP contribution in [0.1, 0.15) is 40.7 Å². The summed E-state index contributed by atoms with van der Waals surface area (Å²) in [6.07, 6.45) is 2.70. The zero-order valence-corrected chi connectivity index (χ0v) is 18.6. The first-order valence-corrected chi connectivity index (χ1v) is 11.2. The van der Waals surface area contributed by atoms with Crippen LogP contribution in [0.3, 0.4) is 0 Å². The van der Waals surface area contributed by atoms with Crippen LogP contribution in [-0.2, 0) is 6.18 Å². The van der Waals surface area contributed by atoms with Crippen molar-refractivity contribution in [2.75, 3.05) is 18.4 Å². The Morgan fingerprint density at radius 2 is 1.91 bits per heavy atom. The van der Waals surface area contributed by atoms with Gasteiger partial charge in [-0.05, 0) is 55.9 Å². The number of aromatic nitrogens is 3. The van der Waals surface area contributed by atoms with Crippen molar-refractivity contribution in [1.29, 1.82) is 0 Å². The lowest BCUT2D eigenvalue weighted by Gasteiger charge is -2.26. The number of hydrogen-bond donors (Lipinski definition) is 1. The zero-order chi connectivity index (χ0) is 23.9. The van der Waals surface area contributed by atoms with Gasteiger partial charge in [-0.1, -0.05) is 17.7 Å². The highest BCUT2D eigenvalue weighted by Gasteiger charge is 2.53. The average Bonchev–Trinajstić information content (AvgIpc) is 3.48. The number of pyridine rings is 1. The molecule has 1 amide bonds. The summed E-state index contributed by atoms with van der Waals surface area (Å²) in [7, 11) is 0. The molecule has 1 atom stereocenters. The highest BCUT2D eigenvalue weighted by atomic mass is 19.4. The van der Waals surface area contributed by atoms with Crippen LogP contribution in [0.15, 0.2) is 55.0 Å². The maximum absolute atomic E-state index is 13.8. The van der Waals surface area contributed by atoms with Crippen molar-refractivity contribution in [2.45, 2.75) is 38.4 Å². The number of hydrogen-bond acceptors (Lipinski definition) is 5. The van der Waals surface area contributed by atoms with Crippen molar-refractivity contribution < 1.29 is 18.0 Å². The first-order chi connectivity index (χ1) is 16.2. The van der Waals surface area contributed by atoms with Crippen LogP contribution in [-0.4, -0.2) is 44.9 Å². The van der Waals surface area contributed by atoms with Crippen LogP contribution in [0.5, 0.6) is 0 Å². The number of halogens is 3. The molecule has 6 nitrogen and oxygen atoms in total. The molecule has 1 spiro atoms. The topological polar surface area (TPSA) is 71.0 Å². The lowest BCUT2D eigenvalue weighted by molar-refractivity contribution is -0.137. The molecule has 176 valence electrons. The molecule has 1 saturated heterocycles. The van der Waals surface area contributed by atoms with Crippen molar-refractivity contribution in [3.05, 3.63) is 71.7 Å². The predicted molar refractivity (Wildman–Crippen MR) is 121 cm³/mol. The number of likely N-dealkylation sites (tertiary alicyclic amines) is 1. The van der Waals surface area contributed by atoms with E-state index in [2.05, 4.69) is 20.3 Å². The molecule has 1 aromatic carbocycles. The minimum atomic E-state index is -4.42. The van der Waals surface area contributed by atoms with Crippen molar-refractivity contribution in [1.82, 2.24) is 19.9 Å². The molecule has 1 N–H and O–H groups in total. The fraction of sp³-hybridized carbons (Fsp3) is 0.360. The number of nitrogens with zero attached hydrogens (tertiary/aromatic N) is 4. The number of benzene rings is 1. The minimum absolute atomic E-state index is 0.0814. The highest BCUT2D eigenvalue weighted by Crippen LogP contribution is 2.55. The van der Waals surface area contributed by atoms with E-state index in [-0.39, 0.29) is 17.4 Å². The van der Waals surface area contributed by atoms with Crippen LogP contribution in [0.4, 0.5) is 19.0 Å². The number of amides is 1.